The van der Waals surface area contributed by atoms with E-state index in [4.69, 9.17) is 9.47 Å². The molecule has 0 aromatic heterocycles. The van der Waals surface area contributed by atoms with E-state index >= 15 is 0 Å². The van der Waals surface area contributed by atoms with Crippen LogP contribution in [0.4, 0.5) is 10.5 Å². The van der Waals surface area contributed by atoms with Gasteiger partial charge in [0.25, 0.3) is 0 Å². The van der Waals surface area contributed by atoms with Gasteiger partial charge in [-0.15, -0.1) is 0 Å². The molecule has 44 heavy (non-hydrogen) atoms. The van der Waals surface area contributed by atoms with Crippen LogP contribution >= 0.6 is 0 Å². The lowest BCUT2D eigenvalue weighted by Crippen LogP contribution is -2.52. The molecule has 9 nitrogen and oxygen atoms in total. The molecular weight excluding hydrogens is 558 g/mol. The van der Waals surface area contributed by atoms with Crippen molar-refractivity contribution in [1.29, 1.82) is 0 Å². The predicted molar refractivity (Wildman–Crippen MR) is 167 cm³/mol. The smallest absolute Gasteiger partial charge is 0.408 e. The quantitative estimate of drug-likeness (QED) is 0.191. The zero-order chi connectivity index (χ0) is 31.3. The Bertz CT molecular complexity index is 1560. The minimum Gasteiger partial charge on any atom is -0.457 e. The van der Waals surface area contributed by atoms with Crippen molar-refractivity contribution in [3.05, 3.63) is 137 Å². The van der Waals surface area contributed by atoms with Crippen LogP contribution < -0.4 is 16.0 Å². The number of carbonyl (C=O) groups excluding carboxylic acids is 4. The molecule has 2 atom stereocenters. The van der Waals surface area contributed by atoms with Crippen molar-refractivity contribution in [3.8, 4) is 0 Å². The number of aryl methyl sites for hydroxylation is 1. The molecule has 0 aliphatic carbocycles. The van der Waals surface area contributed by atoms with Crippen molar-refractivity contribution in [1.82, 2.24) is 10.6 Å². The molecule has 0 saturated carbocycles. The minimum atomic E-state index is -1.02. The van der Waals surface area contributed by atoms with E-state index in [9.17, 15) is 19.2 Å². The van der Waals surface area contributed by atoms with Gasteiger partial charge in [0.15, 0.2) is 0 Å². The van der Waals surface area contributed by atoms with E-state index in [2.05, 4.69) is 16.0 Å². The van der Waals surface area contributed by atoms with Gasteiger partial charge in [-0.05, 0) is 42.2 Å². The molecule has 3 N–H and O–H groups in total. The molecule has 0 fully saturated rings. The lowest BCUT2D eigenvalue weighted by Gasteiger charge is -2.22. The predicted octanol–water partition coefficient (Wildman–Crippen LogP) is 5.33. The summed E-state index contributed by atoms with van der Waals surface area (Å²) in [5.41, 5.74) is 3.55. The number of hydrogen-bond acceptors (Lipinski definition) is 6. The fourth-order valence-electron chi connectivity index (χ4n) is 4.42. The molecule has 0 radical (unpaired) electrons. The Labute approximate surface area is 256 Å². The average Bonchev–Trinajstić information content (AvgIpc) is 3.04. The number of ether oxygens (including phenoxy) is 2. The van der Waals surface area contributed by atoms with E-state index in [1.54, 1.807) is 25.1 Å². The number of hydrogen-bond donors (Lipinski definition) is 3. The summed E-state index contributed by atoms with van der Waals surface area (Å²) in [6.45, 7) is 3.38. The minimum absolute atomic E-state index is 0.0395. The molecule has 9 heteroatoms. The molecule has 0 heterocycles. The summed E-state index contributed by atoms with van der Waals surface area (Å²) in [6, 6.07) is 30.7. The zero-order valence-corrected chi connectivity index (χ0v) is 24.6. The van der Waals surface area contributed by atoms with Crippen LogP contribution in [-0.2, 0) is 38.7 Å². The fourth-order valence-corrected chi connectivity index (χ4v) is 4.42. The van der Waals surface area contributed by atoms with Gasteiger partial charge in [0.05, 0.1) is 11.3 Å². The third-order valence-electron chi connectivity index (χ3n) is 6.80. The highest BCUT2D eigenvalue weighted by Crippen LogP contribution is 2.22. The number of alkyl carbamates (subject to hydrolysis) is 1. The molecule has 0 aliphatic heterocycles. The molecule has 4 aromatic carbocycles. The maximum absolute atomic E-state index is 13.3. The van der Waals surface area contributed by atoms with Gasteiger partial charge in [0.2, 0.25) is 11.8 Å². The van der Waals surface area contributed by atoms with Crippen molar-refractivity contribution in [2.24, 2.45) is 0 Å². The topological polar surface area (TPSA) is 123 Å². The Morgan fingerprint density at radius 3 is 1.77 bits per heavy atom. The number of amides is 3. The highest BCUT2D eigenvalue weighted by atomic mass is 16.5. The second-order valence-electron chi connectivity index (χ2n) is 10.2. The van der Waals surface area contributed by atoms with Crippen LogP contribution in [0.5, 0.6) is 0 Å². The summed E-state index contributed by atoms with van der Waals surface area (Å²) in [7, 11) is 0. The van der Waals surface area contributed by atoms with Crippen LogP contribution in [0.1, 0.15) is 39.5 Å². The Hall–Kier alpha value is -5.44. The highest BCUT2D eigenvalue weighted by molar-refractivity contribution is 6.04. The van der Waals surface area contributed by atoms with Gasteiger partial charge < -0.3 is 25.4 Å². The van der Waals surface area contributed by atoms with Crippen LogP contribution in [0.25, 0.3) is 0 Å². The SMILES string of the molecule is Cc1cccc(NC(=O)C(C)NC(=O)C(Cc2ccccc2)NC(=O)OCc2ccccc2)c1C(=O)OCc1ccccc1. The van der Waals surface area contributed by atoms with Gasteiger partial charge in [-0.1, -0.05) is 103 Å². The molecular formula is C35H35N3O6. The lowest BCUT2D eigenvalue weighted by molar-refractivity contribution is -0.127. The van der Waals surface area contributed by atoms with E-state index in [1.807, 2.05) is 91.0 Å². The van der Waals surface area contributed by atoms with E-state index in [0.29, 0.717) is 5.56 Å². The molecule has 226 valence electrons. The maximum Gasteiger partial charge on any atom is 0.408 e. The first-order valence-electron chi connectivity index (χ1n) is 14.2. The summed E-state index contributed by atoms with van der Waals surface area (Å²) < 4.78 is 10.8. The first-order chi connectivity index (χ1) is 21.3. The number of nitrogens with one attached hydrogen (secondary N) is 3. The molecule has 0 saturated heterocycles. The van der Waals surface area contributed by atoms with Gasteiger partial charge in [0, 0.05) is 6.42 Å². The zero-order valence-electron chi connectivity index (χ0n) is 24.6. The van der Waals surface area contributed by atoms with Crippen molar-refractivity contribution in [2.75, 3.05) is 5.32 Å². The van der Waals surface area contributed by atoms with Crippen LogP contribution in [0, 0.1) is 6.92 Å². The van der Waals surface area contributed by atoms with Crippen LogP contribution in [-0.4, -0.2) is 36.0 Å². The van der Waals surface area contributed by atoms with E-state index in [-0.39, 0.29) is 30.9 Å². The van der Waals surface area contributed by atoms with Crippen molar-refractivity contribution < 1.29 is 28.7 Å². The Morgan fingerprint density at radius 1 is 0.636 bits per heavy atom. The van der Waals surface area contributed by atoms with Gasteiger partial charge >= 0.3 is 12.1 Å². The Balaban J connectivity index is 1.40. The third-order valence-corrected chi connectivity index (χ3v) is 6.80. The van der Waals surface area contributed by atoms with Crippen molar-refractivity contribution in [2.45, 2.75) is 45.6 Å². The van der Waals surface area contributed by atoms with Gasteiger partial charge in [-0.3, -0.25) is 9.59 Å². The largest absolute Gasteiger partial charge is 0.457 e. The summed E-state index contributed by atoms with van der Waals surface area (Å²) in [5, 5.41) is 8.03. The van der Waals surface area contributed by atoms with Crippen molar-refractivity contribution in [3.63, 3.8) is 0 Å². The summed E-state index contributed by atoms with van der Waals surface area (Å²) in [4.78, 5) is 52.2. The fraction of sp³-hybridized carbons (Fsp3) is 0.200. The molecule has 3 amide bonds. The third kappa shape index (κ3) is 9.29. The first-order valence-corrected chi connectivity index (χ1v) is 14.2. The first kappa shape index (κ1) is 31.5. The maximum atomic E-state index is 13.3. The molecule has 0 spiro atoms. The number of anilines is 1. The molecule has 0 aliphatic rings. The second kappa shape index (κ2) is 15.7. The normalized spacial score (nSPS) is 11.9. The van der Waals surface area contributed by atoms with Crippen LogP contribution in [0.2, 0.25) is 0 Å². The van der Waals surface area contributed by atoms with Crippen LogP contribution in [0.15, 0.2) is 109 Å². The number of esters is 1. The molecule has 4 rings (SSSR count). The summed E-state index contributed by atoms with van der Waals surface area (Å²) in [5.74, 6) is -1.70. The molecule has 4 aromatic rings. The standard InChI is InChI=1S/C35H35N3O6/c1-24-13-12-20-29(31(24)34(41)43-22-27-16-8-4-9-17-27)37-32(39)25(2)36-33(40)30(21-26-14-6-3-7-15-26)38-35(42)44-23-28-18-10-5-11-19-28/h3-20,25,30H,21-23H2,1-2H3,(H,36,40)(H,37,39)(H,38,42). The number of carbonyl (C=O) groups is 4. The Morgan fingerprint density at radius 2 is 1.18 bits per heavy atom. The molecule has 2 unspecified atom stereocenters. The molecule has 0 bridgehead atoms. The van der Waals surface area contributed by atoms with E-state index in [1.165, 1.54) is 6.92 Å². The van der Waals surface area contributed by atoms with E-state index < -0.39 is 36.0 Å². The average molecular weight is 594 g/mol. The highest BCUT2D eigenvalue weighted by Gasteiger charge is 2.26. The van der Waals surface area contributed by atoms with Gasteiger partial charge in [-0.25, -0.2) is 9.59 Å². The van der Waals surface area contributed by atoms with Gasteiger partial charge in [0.1, 0.15) is 25.3 Å². The second-order valence-corrected chi connectivity index (χ2v) is 10.2. The summed E-state index contributed by atoms with van der Waals surface area (Å²) >= 11 is 0. The Kier molecular flexibility index (Phi) is 11.2. The van der Waals surface area contributed by atoms with Crippen molar-refractivity contribution >= 4 is 29.6 Å². The van der Waals surface area contributed by atoms with Gasteiger partial charge in [-0.2, -0.15) is 0 Å². The number of benzene rings is 4. The monoisotopic (exact) mass is 593 g/mol. The number of rotatable bonds is 12. The van der Waals surface area contributed by atoms with Crippen LogP contribution in [0.3, 0.4) is 0 Å². The lowest BCUT2D eigenvalue weighted by atomic mass is 10.0. The van der Waals surface area contributed by atoms with E-state index in [0.717, 1.165) is 16.7 Å². The summed E-state index contributed by atoms with van der Waals surface area (Å²) in [6.07, 6.45) is -0.586.